The third-order valence-corrected chi connectivity index (χ3v) is 5.30. The number of benzene rings is 1. The lowest BCUT2D eigenvalue weighted by molar-refractivity contribution is -0.169. The molecule has 6 nitrogen and oxygen atoms in total. The first kappa shape index (κ1) is 16.8. The Bertz CT molecular complexity index is 758. The number of halogens is 2. The summed E-state index contributed by atoms with van der Waals surface area (Å²) >= 11 is 12.3. The highest BCUT2D eigenvalue weighted by Gasteiger charge is 2.40. The molecule has 4 rings (SSSR count). The third-order valence-electron chi connectivity index (χ3n) is 4.48. The number of anilines is 3. The molecular weight excluding hydrogens is 363 g/mol. The van der Waals surface area contributed by atoms with Crippen molar-refractivity contribution in [1.82, 2.24) is 9.97 Å². The summed E-state index contributed by atoms with van der Waals surface area (Å²) in [7, 11) is 0. The Morgan fingerprint density at radius 1 is 1.08 bits per heavy atom. The Labute approximate surface area is 156 Å². The van der Waals surface area contributed by atoms with Crippen LogP contribution in [0.25, 0.3) is 0 Å². The number of hydrogen-bond acceptors (Lipinski definition) is 6. The molecule has 1 aromatic carbocycles. The van der Waals surface area contributed by atoms with Gasteiger partial charge < -0.3 is 19.7 Å². The molecule has 0 unspecified atom stereocenters. The van der Waals surface area contributed by atoms with Gasteiger partial charge in [-0.15, -0.1) is 0 Å². The number of piperidine rings is 1. The summed E-state index contributed by atoms with van der Waals surface area (Å²) in [5, 5.41) is 4.17. The summed E-state index contributed by atoms with van der Waals surface area (Å²) in [6, 6.07) is 7.24. The van der Waals surface area contributed by atoms with E-state index in [1.165, 1.54) is 0 Å². The van der Waals surface area contributed by atoms with E-state index in [0.29, 0.717) is 40.7 Å². The van der Waals surface area contributed by atoms with Crippen molar-refractivity contribution in [2.45, 2.75) is 18.6 Å². The van der Waals surface area contributed by atoms with Crippen LogP contribution in [-0.4, -0.2) is 42.1 Å². The van der Waals surface area contributed by atoms with Crippen LogP contribution in [0.15, 0.2) is 30.5 Å². The van der Waals surface area contributed by atoms with Gasteiger partial charge in [0.25, 0.3) is 0 Å². The summed E-state index contributed by atoms with van der Waals surface area (Å²) in [5.74, 6) is 0.944. The Morgan fingerprint density at radius 3 is 2.60 bits per heavy atom. The second kappa shape index (κ2) is 6.96. The van der Waals surface area contributed by atoms with Gasteiger partial charge in [-0.05, 0) is 18.2 Å². The lowest BCUT2D eigenvalue weighted by atomic mass is 10.0. The van der Waals surface area contributed by atoms with Crippen molar-refractivity contribution >= 4 is 40.7 Å². The Kier molecular flexibility index (Phi) is 4.69. The predicted octanol–water partition coefficient (Wildman–Crippen LogP) is 3.87. The van der Waals surface area contributed by atoms with E-state index in [9.17, 15) is 0 Å². The molecule has 0 bridgehead atoms. The van der Waals surface area contributed by atoms with Crippen LogP contribution in [0.1, 0.15) is 12.8 Å². The van der Waals surface area contributed by atoms with Gasteiger partial charge in [0.15, 0.2) is 5.79 Å². The van der Waals surface area contributed by atoms with Gasteiger partial charge >= 0.3 is 0 Å². The maximum atomic E-state index is 6.22. The first-order valence-corrected chi connectivity index (χ1v) is 8.98. The Morgan fingerprint density at radius 2 is 1.84 bits per heavy atom. The fourth-order valence-electron chi connectivity index (χ4n) is 3.14. The van der Waals surface area contributed by atoms with Crippen molar-refractivity contribution in [3.63, 3.8) is 0 Å². The van der Waals surface area contributed by atoms with Gasteiger partial charge in [0, 0.05) is 32.1 Å². The number of nitrogens with one attached hydrogen (secondary N) is 1. The van der Waals surface area contributed by atoms with E-state index in [-0.39, 0.29) is 0 Å². The van der Waals surface area contributed by atoms with Crippen molar-refractivity contribution in [1.29, 1.82) is 0 Å². The van der Waals surface area contributed by atoms with Gasteiger partial charge in [-0.25, -0.2) is 4.98 Å². The zero-order chi connectivity index (χ0) is 17.3. The summed E-state index contributed by atoms with van der Waals surface area (Å²) in [6.07, 6.45) is 3.36. The largest absolute Gasteiger partial charge is 0.347 e. The molecule has 8 heteroatoms. The second-order valence-corrected chi connectivity index (χ2v) is 6.85. The van der Waals surface area contributed by atoms with Crippen LogP contribution in [0.2, 0.25) is 10.0 Å². The topological polar surface area (TPSA) is 59.5 Å². The minimum atomic E-state index is -0.402. The molecule has 2 saturated heterocycles. The minimum absolute atomic E-state index is 0.402. The lowest BCUT2D eigenvalue weighted by Crippen LogP contribution is -2.45. The van der Waals surface area contributed by atoms with Crippen LogP contribution in [0, 0.1) is 0 Å². The monoisotopic (exact) mass is 380 g/mol. The SMILES string of the molecule is Clc1cccc(Nc2ccnc(N3CCC4(CC3)OCCO4)n2)c1Cl. The average Bonchev–Trinajstić information content (AvgIpc) is 3.08. The number of rotatable bonds is 3. The summed E-state index contributed by atoms with van der Waals surface area (Å²) < 4.78 is 11.5. The minimum Gasteiger partial charge on any atom is -0.347 e. The highest BCUT2D eigenvalue weighted by molar-refractivity contribution is 6.43. The Hall–Kier alpha value is -1.60. The summed E-state index contributed by atoms with van der Waals surface area (Å²) in [5.41, 5.74) is 0.712. The van der Waals surface area contributed by atoms with Crippen LogP contribution in [0.3, 0.4) is 0 Å². The van der Waals surface area contributed by atoms with E-state index < -0.39 is 5.79 Å². The Balaban J connectivity index is 1.47. The van der Waals surface area contributed by atoms with E-state index in [2.05, 4.69) is 20.2 Å². The number of nitrogens with zero attached hydrogens (tertiary/aromatic N) is 3. The van der Waals surface area contributed by atoms with Gasteiger partial charge in [-0.3, -0.25) is 0 Å². The fourth-order valence-corrected chi connectivity index (χ4v) is 3.49. The van der Waals surface area contributed by atoms with Gasteiger partial charge in [0.05, 0.1) is 28.9 Å². The van der Waals surface area contributed by atoms with Crippen molar-refractivity contribution in [2.75, 3.05) is 36.5 Å². The van der Waals surface area contributed by atoms with E-state index >= 15 is 0 Å². The average molecular weight is 381 g/mol. The first-order chi connectivity index (χ1) is 12.2. The van der Waals surface area contributed by atoms with Crippen LogP contribution in [-0.2, 0) is 9.47 Å². The predicted molar refractivity (Wildman–Crippen MR) is 97.9 cm³/mol. The summed E-state index contributed by atoms with van der Waals surface area (Å²) in [4.78, 5) is 11.1. The van der Waals surface area contributed by atoms with Crippen LogP contribution in [0.5, 0.6) is 0 Å². The molecule has 132 valence electrons. The van der Waals surface area contributed by atoms with Gasteiger partial charge in [-0.1, -0.05) is 29.3 Å². The number of ether oxygens (including phenoxy) is 2. The highest BCUT2D eigenvalue weighted by Crippen LogP contribution is 2.33. The van der Waals surface area contributed by atoms with Gasteiger partial charge in [0.1, 0.15) is 5.82 Å². The zero-order valence-electron chi connectivity index (χ0n) is 13.5. The second-order valence-electron chi connectivity index (χ2n) is 6.06. The first-order valence-electron chi connectivity index (χ1n) is 8.22. The molecule has 0 radical (unpaired) electrons. The molecule has 0 amide bonds. The van der Waals surface area contributed by atoms with Crippen molar-refractivity contribution in [2.24, 2.45) is 0 Å². The lowest BCUT2D eigenvalue weighted by Gasteiger charge is -2.37. The molecular formula is C17H18Cl2N4O2. The zero-order valence-corrected chi connectivity index (χ0v) is 15.1. The fraction of sp³-hybridized carbons (Fsp3) is 0.412. The molecule has 0 saturated carbocycles. The van der Waals surface area contributed by atoms with E-state index in [4.69, 9.17) is 32.7 Å². The number of aromatic nitrogens is 2. The van der Waals surface area contributed by atoms with Crippen LogP contribution >= 0.6 is 23.2 Å². The van der Waals surface area contributed by atoms with Crippen molar-refractivity contribution in [3.05, 3.63) is 40.5 Å². The molecule has 0 atom stereocenters. The highest BCUT2D eigenvalue weighted by atomic mass is 35.5. The van der Waals surface area contributed by atoms with Crippen molar-refractivity contribution < 1.29 is 9.47 Å². The van der Waals surface area contributed by atoms with E-state index in [1.807, 2.05) is 12.1 Å². The van der Waals surface area contributed by atoms with Crippen LogP contribution < -0.4 is 10.2 Å². The van der Waals surface area contributed by atoms with Gasteiger partial charge in [0.2, 0.25) is 5.95 Å². The maximum Gasteiger partial charge on any atom is 0.227 e. The molecule has 1 N–H and O–H groups in total. The summed E-state index contributed by atoms with van der Waals surface area (Å²) in [6.45, 7) is 2.94. The molecule has 2 aromatic rings. The molecule has 2 fully saturated rings. The molecule has 3 heterocycles. The maximum absolute atomic E-state index is 6.22. The smallest absolute Gasteiger partial charge is 0.227 e. The van der Waals surface area contributed by atoms with E-state index in [1.54, 1.807) is 18.3 Å². The molecule has 2 aliphatic heterocycles. The molecule has 1 spiro atoms. The quantitative estimate of drug-likeness (QED) is 0.871. The van der Waals surface area contributed by atoms with Crippen molar-refractivity contribution in [3.8, 4) is 0 Å². The normalized spacial score (nSPS) is 19.4. The third kappa shape index (κ3) is 3.53. The standard InChI is InChI=1S/C17H18Cl2N4O2/c18-12-2-1-3-13(15(12)19)21-14-4-7-20-16(22-14)23-8-5-17(6-9-23)24-10-11-25-17/h1-4,7H,5-6,8-11H2,(H,20,21,22). The molecule has 2 aliphatic rings. The number of hydrogen-bond donors (Lipinski definition) is 1. The molecule has 0 aliphatic carbocycles. The molecule has 1 aromatic heterocycles. The van der Waals surface area contributed by atoms with Crippen LogP contribution in [0.4, 0.5) is 17.5 Å². The van der Waals surface area contributed by atoms with Gasteiger partial charge in [-0.2, -0.15) is 4.98 Å². The van der Waals surface area contributed by atoms with E-state index in [0.717, 1.165) is 25.9 Å². The molecule has 25 heavy (non-hydrogen) atoms.